The van der Waals surface area contributed by atoms with Gasteiger partial charge in [-0.15, -0.1) is 0 Å². The fourth-order valence-electron chi connectivity index (χ4n) is 8.19. The highest BCUT2D eigenvalue weighted by molar-refractivity contribution is 6.28. The number of fused-ring (bicyclic) bond motifs is 5. The molecule has 11 aromatic rings. The molecule has 0 aliphatic heterocycles. The van der Waals surface area contributed by atoms with Gasteiger partial charge in [0.05, 0.1) is 33.1 Å². The lowest BCUT2D eigenvalue weighted by Gasteiger charge is -2.16. The van der Waals surface area contributed by atoms with Crippen molar-refractivity contribution in [2.24, 2.45) is 0 Å². The summed E-state index contributed by atoms with van der Waals surface area (Å²) in [6, 6.07) is 64.8. The number of benzene rings is 8. The van der Waals surface area contributed by atoms with E-state index in [0.717, 1.165) is 66.6 Å². The lowest BCUT2D eigenvalue weighted by molar-refractivity contribution is 1.08. The summed E-state index contributed by atoms with van der Waals surface area (Å²) in [5.74, 6) is 0.811. The molecule has 4 nitrogen and oxygen atoms in total. The van der Waals surface area contributed by atoms with Crippen LogP contribution in [0.25, 0.3) is 99.3 Å². The van der Waals surface area contributed by atoms with Gasteiger partial charge in [0.2, 0.25) is 0 Å². The molecule has 3 heterocycles. The van der Waals surface area contributed by atoms with Crippen molar-refractivity contribution < 1.29 is 0 Å². The van der Waals surface area contributed by atoms with E-state index in [-0.39, 0.29) is 0 Å². The Morgan fingerprint density at radius 3 is 1.73 bits per heavy atom. The zero-order chi connectivity index (χ0) is 34.2. The molecule has 8 aromatic carbocycles. The Morgan fingerprint density at radius 2 is 0.923 bits per heavy atom. The van der Waals surface area contributed by atoms with Crippen molar-refractivity contribution in [3.63, 3.8) is 0 Å². The number of rotatable bonds is 4. The van der Waals surface area contributed by atoms with Gasteiger partial charge in [-0.3, -0.25) is 4.57 Å². The third kappa shape index (κ3) is 4.21. The molecular formula is C48H30N4. The molecule has 3 aromatic heterocycles. The fourth-order valence-corrected chi connectivity index (χ4v) is 8.19. The van der Waals surface area contributed by atoms with Crippen LogP contribution in [0.4, 0.5) is 0 Å². The van der Waals surface area contributed by atoms with Crippen molar-refractivity contribution in [3.05, 3.63) is 182 Å². The summed E-state index contributed by atoms with van der Waals surface area (Å²) in [6.07, 6.45) is 0. The second-order valence-corrected chi connectivity index (χ2v) is 13.4. The molecule has 242 valence electrons. The van der Waals surface area contributed by atoms with Crippen molar-refractivity contribution in [2.75, 3.05) is 0 Å². The summed E-state index contributed by atoms with van der Waals surface area (Å²) >= 11 is 0. The van der Waals surface area contributed by atoms with Gasteiger partial charge in [0.1, 0.15) is 5.69 Å². The molecule has 0 bridgehead atoms. The maximum Gasteiger partial charge on any atom is 0.165 e. The quantitative estimate of drug-likeness (QED) is 0.176. The topological polar surface area (TPSA) is 35.6 Å². The van der Waals surface area contributed by atoms with E-state index in [0.29, 0.717) is 0 Å². The average molecular weight is 663 g/mol. The maximum absolute atomic E-state index is 5.61. The molecule has 0 spiro atoms. The molecule has 0 atom stereocenters. The van der Waals surface area contributed by atoms with Crippen LogP contribution in [0, 0.1) is 0 Å². The fraction of sp³-hybridized carbons (Fsp3) is 0. The van der Waals surface area contributed by atoms with Gasteiger partial charge in [0, 0.05) is 32.8 Å². The van der Waals surface area contributed by atoms with E-state index < -0.39 is 0 Å². The Morgan fingerprint density at radius 1 is 0.346 bits per heavy atom. The summed E-state index contributed by atoms with van der Waals surface area (Å²) in [6.45, 7) is 0. The molecule has 0 saturated heterocycles. The molecule has 0 aliphatic rings. The minimum Gasteiger partial charge on any atom is -0.309 e. The highest BCUT2D eigenvalue weighted by Gasteiger charge is 2.24. The number of hydrogen-bond donors (Lipinski definition) is 0. The SMILES string of the molecule is c1ccc(-c2ccc(-c3nc4ccc5ccccc5c4nc3-n3c4cccc5c6ccccc6n(-c6ccccc6)c6cccc3c6c54)cc2)cc1. The van der Waals surface area contributed by atoms with Crippen LogP contribution in [0.15, 0.2) is 182 Å². The van der Waals surface area contributed by atoms with Crippen LogP contribution < -0.4 is 0 Å². The highest BCUT2D eigenvalue weighted by atomic mass is 15.1. The minimum atomic E-state index is 0.811. The number of nitrogens with zero attached hydrogens (tertiary/aromatic N) is 4. The first-order chi connectivity index (χ1) is 25.8. The predicted molar refractivity (Wildman–Crippen MR) is 217 cm³/mol. The monoisotopic (exact) mass is 662 g/mol. The van der Waals surface area contributed by atoms with Crippen LogP contribution in [-0.2, 0) is 0 Å². The van der Waals surface area contributed by atoms with Gasteiger partial charge in [0.25, 0.3) is 0 Å². The Kier molecular flexibility index (Phi) is 6.22. The lowest BCUT2D eigenvalue weighted by Crippen LogP contribution is -2.04. The highest BCUT2D eigenvalue weighted by Crippen LogP contribution is 2.43. The first-order valence-corrected chi connectivity index (χ1v) is 17.7. The molecule has 0 saturated carbocycles. The molecule has 0 fully saturated rings. The van der Waals surface area contributed by atoms with Crippen molar-refractivity contribution in [1.29, 1.82) is 0 Å². The van der Waals surface area contributed by atoms with E-state index in [9.17, 15) is 0 Å². The first-order valence-electron chi connectivity index (χ1n) is 17.7. The smallest absolute Gasteiger partial charge is 0.165 e. The van der Waals surface area contributed by atoms with Gasteiger partial charge in [0.15, 0.2) is 5.82 Å². The van der Waals surface area contributed by atoms with Crippen LogP contribution in [0.1, 0.15) is 0 Å². The summed E-state index contributed by atoms with van der Waals surface area (Å²) < 4.78 is 4.76. The molecule has 0 aliphatic carbocycles. The Labute approximate surface area is 299 Å². The second-order valence-electron chi connectivity index (χ2n) is 13.4. The van der Waals surface area contributed by atoms with Crippen LogP contribution in [0.3, 0.4) is 0 Å². The van der Waals surface area contributed by atoms with E-state index in [2.05, 4.69) is 191 Å². The summed E-state index contributed by atoms with van der Waals surface area (Å²) in [5.41, 5.74) is 11.6. The molecule has 52 heavy (non-hydrogen) atoms. The van der Waals surface area contributed by atoms with Gasteiger partial charge in [-0.25, -0.2) is 9.97 Å². The van der Waals surface area contributed by atoms with Gasteiger partial charge in [-0.05, 0) is 64.4 Å². The third-order valence-electron chi connectivity index (χ3n) is 10.5. The molecular weight excluding hydrogens is 633 g/mol. The molecule has 0 radical (unpaired) electrons. The lowest BCUT2D eigenvalue weighted by atomic mass is 10.0. The Bertz CT molecular complexity index is 3160. The van der Waals surface area contributed by atoms with E-state index >= 15 is 0 Å². The van der Waals surface area contributed by atoms with Crippen LogP contribution in [0.5, 0.6) is 0 Å². The molecule has 0 unspecified atom stereocenters. The molecule has 11 rings (SSSR count). The Hall–Kier alpha value is -7.04. The van der Waals surface area contributed by atoms with E-state index in [1.807, 2.05) is 0 Å². The van der Waals surface area contributed by atoms with Crippen molar-refractivity contribution >= 4 is 65.4 Å². The number of aromatic nitrogens is 4. The molecule has 0 N–H and O–H groups in total. The van der Waals surface area contributed by atoms with Crippen LogP contribution in [-0.4, -0.2) is 19.1 Å². The summed E-state index contributed by atoms with van der Waals surface area (Å²) in [7, 11) is 0. The predicted octanol–water partition coefficient (Wildman–Crippen LogP) is 12.3. The second kappa shape index (κ2) is 11.2. The van der Waals surface area contributed by atoms with Crippen LogP contribution >= 0.6 is 0 Å². The van der Waals surface area contributed by atoms with Gasteiger partial charge in [-0.2, -0.15) is 0 Å². The first kappa shape index (κ1) is 28.8. The van der Waals surface area contributed by atoms with Crippen molar-refractivity contribution in [2.45, 2.75) is 0 Å². The molecule has 0 amide bonds. The number of hydrogen-bond acceptors (Lipinski definition) is 2. The minimum absolute atomic E-state index is 0.811. The zero-order valence-electron chi connectivity index (χ0n) is 28.1. The van der Waals surface area contributed by atoms with Gasteiger partial charge >= 0.3 is 0 Å². The van der Waals surface area contributed by atoms with E-state index in [4.69, 9.17) is 9.97 Å². The summed E-state index contributed by atoms with van der Waals surface area (Å²) in [5, 5.41) is 7.04. The van der Waals surface area contributed by atoms with Crippen molar-refractivity contribution in [1.82, 2.24) is 19.1 Å². The largest absolute Gasteiger partial charge is 0.309 e. The number of para-hydroxylation sites is 2. The van der Waals surface area contributed by atoms with Crippen molar-refractivity contribution in [3.8, 4) is 33.9 Å². The molecule has 4 heteroatoms. The van der Waals surface area contributed by atoms with E-state index in [1.54, 1.807) is 0 Å². The van der Waals surface area contributed by atoms with Gasteiger partial charge in [-0.1, -0.05) is 140 Å². The maximum atomic E-state index is 5.61. The van der Waals surface area contributed by atoms with Crippen LogP contribution in [0.2, 0.25) is 0 Å². The Balaban J connectivity index is 1.30. The zero-order valence-corrected chi connectivity index (χ0v) is 28.1. The average Bonchev–Trinajstić information content (AvgIpc) is 3.50. The summed E-state index contributed by atoms with van der Waals surface area (Å²) in [4.78, 5) is 11.1. The van der Waals surface area contributed by atoms with Gasteiger partial charge < -0.3 is 4.57 Å². The van der Waals surface area contributed by atoms with E-state index in [1.165, 1.54) is 32.7 Å². The normalized spacial score (nSPS) is 11.8. The standard InChI is InChI=1S/C48H30N4/c1-3-13-31(14-4-1)32-25-27-34(28-26-32)46-48(50-47-36-18-8-7-15-33(36)29-30-39(47)49-46)52-41-22-11-20-38-37-19-9-10-21-40(37)51(35-16-5-2-6-17-35)42-23-12-24-43(52)45(42)44(38)41/h1-30H. The third-order valence-corrected chi connectivity index (χ3v) is 10.5.